The van der Waals surface area contributed by atoms with E-state index in [0.717, 1.165) is 19.3 Å². The Morgan fingerprint density at radius 3 is 2.33 bits per heavy atom. The molecule has 1 aliphatic rings. The standard InChI is InChI=1S/C14H24N2O5/c1-10(12(19)21-3)15-13(20)16(2)14(9-11(17)18)7-5-4-6-8-14/h10H,4-9H2,1-3H3,(H,15,20)(H,17,18). The van der Waals surface area contributed by atoms with Gasteiger partial charge in [-0.05, 0) is 19.8 Å². The number of ether oxygens (including phenoxy) is 1. The molecule has 7 nitrogen and oxygen atoms in total. The van der Waals surface area contributed by atoms with Gasteiger partial charge in [0.05, 0.1) is 19.1 Å². The number of carboxylic acids is 1. The SMILES string of the molecule is COC(=O)C(C)NC(=O)N(C)C1(CC(=O)O)CCCCC1. The summed E-state index contributed by atoms with van der Waals surface area (Å²) in [5.41, 5.74) is -0.677. The summed E-state index contributed by atoms with van der Waals surface area (Å²) in [5.74, 6) is -1.45. The number of amides is 2. The first-order valence-electron chi connectivity index (χ1n) is 7.16. The summed E-state index contributed by atoms with van der Waals surface area (Å²) >= 11 is 0. The second-order valence-corrected chi connectivity index (χ2v) is 5.61. The number of carboxylic acid groups (broad SMARTS) is 1. The summed E-state index contributed by atoms with van der Waals surface area (Å²) in [4.78, 5) is 36.2. The molecule has 0 spiro atoms. The van der Waals surface area contributed by atoms with Gasteiger partial charge in [0.25, 0.3) is 0 Å². The van der Waals surface area contributed by atoms with Gasteiger partial charge in [0.2, 0.25) is 0 Å². The molecular formula is C14H24N2O5. The average Bonchev–Trinajstić information content (AvgIpc) is 2.45. The molecule has 0 radical (unpaired) electrons. The minimum absolute atomic E-state index is 0.0798. The first kappa shape index (κ1) is 17.3. The second-order valence-electron chi connectivity index (χ2n) is 5.61. The highest BCUT2D eigenvalue weighted by atomic mass is 16.5. The lowest BCUT2D eigenvalue weighted by molar-refractivity contribution is -0.143. The van der Waals surface area contributed by atoms with Crippen LogP contribution in [0.15, 0.2) is 0 Å². The highest BCUT2D eigenvalue weighted by molar-refractivity contribution is 5.84. The molecule has 1 fully saturated rings. The monoisotopic (exact) mass is 300 g/mol. The van der Waals surface area contributed by atoms with E-state index >= 15 is 0 Å². The number of nitrogens with zero attached hydrogens (tertiary/aromatic N) is 1. The Hall–Kier alpha value is -1.79. The van der Waals surface area contributed by atoms with Gasteiger partial charge in [0.15, 0.2) is 0 Å². The molecule has 0 aromatic heterocycles. The number of nitrogens with one attached hydrogen (secondary N) is 1. The molecule has 0 bridgehead atoms. The van der Waals surface area contributed by atoms with E-state index in [2.05, 4.69) is 10.1 Å². The van der Waals surface area contributed by atoms with Crippen molar-refractivity contribution in [2.75, 3.05) is 14.2 Å². The van der Waals surface area contributed by atoms with Gasteiger partial charge in [0, 0.05) is 7.05 Å². The highest BCUT2D eigenvalue weighted by Crippen LogP contribution is 2.35. The van der Waals surface area contributed by atoms with E-state index in [1.54, 1.807) is 7.05 Å². The Morgan fingerprint density at radius 2 is 1.86 bits per heavy atom. The van der Waals surface area contributed by atoms with Crippen molar-refractivity contribution < 1.29 is 24.2 Å². The van der Waals surface area contributed by atoms with Crippen LogP contribution < -0.4 is 5.32 Å². The Morgan fingerprint density at radius 1 is 1.29 bits per heavy atom. The van der Waals surface area contributed by atoms with Crippen molar-refractivity contribution in [3.05, 3.63) is 0 Å². The van der Waals surface area contributed by atoms with Crippen LogP contribution in [0.25, 0.3) is 0 Å². The molecule has 1 rings (SSSR count). The smallest absolute Gasteiger partial charge is 0.328 e. The first-order chi connectivity index (χ1) is 9.82. The maximum absolute atomic E-state index is 12.3. The molecule has 0 aromatic rings. The van der Waals surface area contributed by atoms with Gasteiger partial charge < -0.3 is 20.1 Å². The summed E-state index contributed by atoms with van der Waals surface area (Å²) in [5, 5.41) is 11.7. The van der Waals surface area contributed by atoms with Gasteiger partial charge in [-0.3, -0.25) is 4.79 Å². The van der Waals surface area contributed by atoms with Crippen molar-refractivity contribution in [3.63, 3.8) is 0 Å². The summed E-state index contributed by atoms with van der Waals surface area (Å²) in [6, 6.07) is -1.22. The van der Waals surface area contributed by atoms with Gasteiger partial charge >= 0.3 is 18.0 Å². The summed E-state index contributed by atoms with van der Waals surface area (Å²) in [7, 11) is 2.84. The van der Waals surface area contributed by atoms with Crippen molar-refractivity contribution >= 4 is 18.0 Å². The summed E-state index contributed by atoms with van der Waals surface area (Å²) < 4.78 is 4.56. The number of rotatable bonds is 5. The van der Waals surface area contributed by atoms with Gasteiger partial charge in [-0.15, -0.1) is 0 Å². The number of esters is 1. The van der Waals surface area contributed by atoms with Gasteiger partial charge in [-0.1, -0.05) is 19.3 Å². The Bertz CT molecular complexity index is 404. The summed E-state index contributed by atoms with van der Waals surface area (Å²) in [6.07, 6.45) is 4.10. The molecule has 1 unspecified atom stereocenters. The molecule has 0 aromatic carbocycles. The van der Waals surface area contributed by atoms with Gasteiger partial charge in [-0.2, -0.15) is 0 Å². The minimum Gasteiger partial charge on any atom is -0.481 e. The average molecular weight is 300 g/mol. The van der Waals surface area contributed by atoms with Crippen LogP contribution in [-0.2, 0) is 14.3 Å². The molecule has 1 aliphatic carbocycles. The van der Waals surface area contributed by atoms with Crippen LogP contribution in [0.5, 0.6) is 0 Å². The summed E-state index contributed by atoms with van der Waals surface area (Å²) in [6.45, 7) is 1.53. The van der Waals surface area contributed by atoms with Crippen LogP contribution in [0, 0.1) is 0 Å². The van der Waals surface area contributed by atoms with Gasteiger partial charge in [-0.25, -0.2) is 9.59 Å². The topological polar surface area (TPSA) is 95.9 Å². The van der Waals surface area contributed by atoms with Crippen molar-refractivity contribution in [2.24, 2.45) is 0 Å². The number of methoxy groups -OCH3 is 1. The van der Waals surface area contributed by atoms with E-state index in [1.165, 1.54) is 18.9 Å². The third-order valence-electron chi connectivity index (χ3n) is 4.18. The fraction of sp³-hybridized carbons (Fsp3) is 0.786. The molecule has 21 heavy (non-hydrogen) atoms. The Labute approximate surface area is 124 Å². The van der Waals surface area contributed by atoms with E-state index in [4.69, 9.17) is 5.11 Å². The molecular weight excluding hydrogens is 276 g/mol. The highest BCUT2D eigenvalue weighted by Gasteiger charge is 2.41. The maximum Gasteiger partial charge on any atom is 0.328 e. The predicted molar refractivity (Wildman–Crippen MR) is 75.8 cm³/mol. The third kappa shape index (κ3) is 4.34. The molecule has 7 heteroatoms. The quantitative estimate of drug-likeness (QED) is 0.747. The van der Waals surface area contributed by atoms with Crippen LogP contribution in [0.1, 0.15) is 45.4 Å². The zero-order valence-corrected chi connectivity index (χ0v) is 12.8. The largest absolute Gasteiger partial charge is 0.481 e. The Kier molecular flexibility index (Phi) is 5.99. The third-order valence-corrected chi connectivity index (χ3v) is 4.18. The van der Waals surface area contributed by atoms with E-state index in [-0.39, 0.29) is 6.42 Å². The second kappa shape index (κ2) is 7.28. The first-order valence-corrected chi connectivity index (χ1v) is 7.16. The zero-order chi connectivity index (χ0) is 16.0. The van der Waals surface area contributed by atoms with Crippen molar-refractivity contribution in [3.8, 4) is 0 Å². The number of urea groups is 1. The molecule has 1 atom stereocenters. The number of hydrogen-bond donors (Lipinski definition) is 2. The normalized spacial score (nSPS) is 18.4. The predicted octanol–water partition coefficient (Wildman–Crippen LogP) is 1.37. The lowest BCUT2D eigenvalue weighted by Crippen LogP contribution is -2.57. The number of carbonyl (C=O) groups excluding carboxylic acids is 2. The van der Waals surface area contributed by atoms with Crippen molar-refractivity contribution in [2.45, 2.75) is 57.0 Å². The molecule has 0 aliphatic heterocycles. The molecule has 2 amide bonds. The molecule has 120 valence electrons. The number of aliphatic carboxylic acids is 1. The van der Waals surface area contributed by atoms with Crippen LogP contribution in [0.4, 0.5) is 4.79 Å². The fourth-order valence-corrected chi connectivity index (χ4v) is 2.86. The molecule has 2 N–H and O–H groups in total. The zero-order valence-electron chi connectivity index (χ0n) is 12.8. The maximum atomic E-state index is 12.3. The lowest BCUT2D eigenvalue weighted by Gasteiger charge is -2.43. The van der Waals surface area contributed by atoms with E-state index in [0.29, 0.717) is 12.8 Å². The van der Waals surface area contributed by atoms with Gasteiger partial charge in [0.1, 0.15) is 6.04 Å². The molecule has 0 heterocycles. The van der Waals surface area contributed by atoms with Crippen molar-refractivity contribution in [1.29, 1.82) is 0 Å². The van der Waals surface area contributed by atoms with Crippen LogP contribution in [0.2, 0.25) is 0 Å². The van der Waals surface area contributed by atoms with Crippen LogP contribution >= 0.6 is 0 Å². The van der Waals surface area contributed by atoms with Crippen LogP contribution in [-0.4, -0.2) is 53.7 Å². The lowest BCUT2D eigenvalue weighted by atomic mass is 9.78. The molecule has 0 saturated heterocycles. The number of carbonyl (C=O) groups is 3. The van der Waals surface area contributed by atoms with E-state index < -0.39 is 29.6 Å². The minimum atomic E-state index is -0.919. The van der Waals surface area contributed by atoms with E-state index in [9.17, 15) is 14.4 Å². The fourth-order valence-electron chi connectivity index (χ4n) is 2.86. The van der Waals surface area contributed by atoms with E-state index in [1.807, 2.05) is 0 Å². The number of hydrogen-bond acceptors (Lipinski definition) is 4. The Balaban J connectivity index is 2.79. The van der Waals surface area contributed by atoms with Crippen molar-refractivity contribution in [1.82, 2.24) is 10.2 Å². The van der Waals surface area contributed by atoms with Crippen LogP contribution in [0.3, 0.4) is 0 Å². The molecule has 1 saturated carbocycles.